The first kappa shape index (κ1) is 19.4. The van der Waals surface area contributed by atoms with Gasteiger partial charge in [-0.2, -0.15) is 5.10 Å². The number of H-pyrrole nitrogens is 1. The first-order chi connectivity index (χ1) is 12.8. The number of halogens is 1. The molecule has 0 fully saturated rings. The monoisotopic (exact) mass is 410 g/mol. The van der Waals surface area contributed by atoms with Crippen LogP contribution in [0.4, 0.5) is 0 Å². The number of hydrogen-bond donors (Lipinski definition) is 1. The maximum atomic E-state index is 12.6. The Labute approximate surface area is 160 Å². The van der Waals surface area contributed by atoms with E-state index in [1.165, 1.54) is 18.2 Å². The number of rotatable bonds is 6. The molecule has 0 saturated heterocycles. The van der Waals surface area contributed by atoms with Crippen molar-refractivity contribution in [2.75, 3.05) is 6.61 Å². The molecule has 1 N–H and O–H groups in total. The molecule has 144 valence electrons. The highest BCUT2D eigenvalue weighted by molar-refractivity contribution is 8.13. The average molecular weight is 411 g/mol. The summed E-state index contributed by atoms with van der Waals surface area (Å²) >= 11 is 0. The molecule has 27 heavy (non-hydrogen) atoms. The van der Waals surface area contributed by atoms with E-state index in [0.717, 1.165) is 6.42 Å². The first-order valence-corrected chi connectivity index (χ1v) is 10.8. The topological polar surface area (TPSA) is 107 Å². The Morgan fingerprint density at radius 2 is 2.04 bits per heavy atom. The number of benzene rings is 1. The molecule has 0 aliphatic rings. The van der Waals surface area contributed by atoms with Crippen molar-refractivity contribution in [2.24, 2.45) is 0 Å². The van der Waals surface area contributed by atoms with E-state index < -0.39 is 9.05 Å². The fourth-order valence-electron chi connectivity index (χ4n) is 2.78. The molecule has 0 radical (unpaired) electrons. The Hall–Kier alpha value is -2.39. The Balaban J connectivity index is 2.28. The summed E-state index contributed by atoms with van der Waals surface area (Å²) in [6.07, 6.45) is 0.764. The third-order valence-corrected chi connectivity index (χ3v) is 5.37. The van der Waals surface area contributed by atoms with Crippen LogP contribution in [0.15, 0.2) is 27.9 Å². The van der Waals surface area contributed by atoms with Crippen LogP contribution in [0.1, 0.15) is 26.0 Å². The highest BCUT2D eigenvalue weighted by atomic mass is 35.7. The largest absolute Gasteiger partial charge is 0.493 e. The van der Waals surface area contributed by atoms with Crippen molar-refractivity contribution in [2.45, 2.75) is 38.6 Å². The van der Waals surface area contributed by atoms with Crippen molar-refractivity contribution < 1.29 is 13.2 Å². The predicted octanol–water partition coefficient (Wildman–Crippen LogP) is 2.83. The molecule has 0 atom stereocenters. The molecule has 0 saturated carbocycles. The Kier molecular flexibility index (Phi) is 5.25. The van der Waals surface area contributed by atoms with Gasteiger partial charge in [-0.3, -0.25) is 9.48 Å². The molecule has 8 nitrogen and oxygen atoms in total. The summed E-state index contributed by atoms with van der Waals surface area (Å²) in [5.74, 6) is 0.600. The molecule has 0 aliphatic carbocycles. The van der Waals surface area contributed by atoms with E-state index >= 15 is 0 Å². The third-order valence-electron chi connectivity index (χ3n) is 4.02. The predicted molar refractivity (Wildman–Crippen MR) is 103 cm³/mol. The van der Waals surface area contributed by atoms with Gasteiger partial charge >= 0.3 is 0 Å². The van der Waals surface area contributed by atoms with E-state index in [4.69, 9.17) is 15.4 Å². The zero-order valence-corrected chi connectivity index (χ0v) is 16.7. The summed E-state index contributed by atoms with van der Waals surface area (Å²) in [6.45, 7) is 6.55. The van der Waals surface area contributed by atoms with E-state index in [1.807, 2.05) is 13.8 Å². The normalized spacial score (nSPS) is 11.9. The van der Waals surface area contributed by atoms with Gasteiger partial charge in [0, 0.05) is 17.2 Å². The minimum atomic E-state index is -3.95. The van der Waals surface area contributed by atoms with Gasteiger partial charge in [-0.25, -0.2) is 13.4 Å². The maximum absolute atomic E-state index is 12.6. The van der Waals surface area contributed by atoms with Crippen LogP contribution < -0.4 is 10.3 Å². The fourth-order valence-corrected chi connectivity index (χ4v) is 3.55. The molecule has 0 unspecified atom stereocenters. The SMILES string of the molecule is CCCOc1ccc(S(=O)(=O)Cl)cc1-c1nc2c(C)nn(CC)c2c(=O)[nH]1. The van der Waals surface area contributed by atoms with Crippen LogP contribution in [0.25, 0.3) is 22.4 Å². The van der Waals surface area contributed by atoms with E-state index in [2.05, 4.69) is 15.1 Å². The number of aromatic amines is 1. The number of aryl methyl sites for hydroxylation is 2. The van der Waals surface area contributed by atoms with Crippen molar-refractivity contribution in [1.29, 1.82) is 0 Å². The zero-order valence-electron chi connectivity index (χ0n) is 15.1. The summed E-state index contributed by atoms with van der Waals surface area (Å²) in [4.78, 5) is 19.7. The Morgan fingerprint density at radius 1 is 1.30 bits per heavy atom. The zero-order chi connectivity index (χ0) is 19.8. The maximum Gasteiger partial charge on any atom is 0.277 e. The molecule has 1 aromatic carbocycles. The van der Waals surface area contributed by atoms with Gasteiger partial charge in [0.15, 0.2) is 5.52 Å². The molecule has 3 rings (SSSR count). The van der Waals surface area contributed by atoms with Crippen molar-refractivity contribution >= 4 is 30.8 Å². The van der Waals surface area contributed by atoms with Gasteiger partial charge < -0.3 is 9.72 Å². The first-order valence-electron chi connectivity index (χ1n) is 8.45. The molecule has 2 aromatic heterocycles. The molecule has 3 aromatic rings. The minimum absolute atomic E-state index is 0.105. The summed E-state index contributed by atoms with van der Waals surface area (Å²) in [5, 5.41) is 4.32. The second-order valence-electron chi connectivity index (χ2n) is 5.96. The van der Waals surface area contributed by atoms with Crippen molar-refractivity contribution in [3.63, 3.8) is 0 Å². The van der Waals surface area contributed by atoms with Gasteiger partial charge in [-0.15, -0.1) is 0 Å². The van der Waals surface area contributed by atoms with Crippen LogP contribution in [-0.4, -0.2) is 34.8 Å². The van der Waals surface area contributed by atoms with Gasteiger partial charge in [0.05, 0.1) is 22.8 Å². The second kappa shape index (κ2) is 7.32. The molecule has 0 amide bonds. The molecule has 0 aliphatic heterocycles. The minimum Gasteiger partial charge on any atom is -0.493 e. The lowest BCUT2D eigenvalue weighted by Gasteiger charge is -2.12. The second-order valence-corrected chi connectivity index (χ2v) is 8.52. The van der Waals surface area contributed by atoms with Crippen LogP contribution in [0.2, 0.25) is 0 Å². The van der Waals surface area contributed by atoms with Crippen molar-refractivity contribution in [1.82, 2.24) is 19.7 Å². The van der Waals surface area contributed by atoms with Crippen LogP contribution in [-0.2, 0) is 15.6 Å². The lowest BCUT2D eigenvalue weighted by Crippen LogP contribution is -2.14. The van der Waals surface area contributed by atoms with Crippen molar-refractivity contribution in [3.8, 4) is 17.1 Å². The standard InChI is InChI=1S/C17H19ClN4O4S/c1-4-8-26-13-7-6-11(27(18,24)25)9-12(13)16-19-14-10(3)21-22(5-2)15(14)17(23)20-16/h6-7,9H,4-5,8H2,1-3H3,(H,19,20,23). The van der Waals surface area contributed by atoms with E-state index in [0.29, 0.717) is 41.2 Å². The van der Waals surface area contributed by atoms with E-state index in [1.54, 1.807) is 11.6 Å². The highest BCUT2D eigenvalue weighted by Gasteiger charge is 2.19. The molecule has 0 spiro atoms. The van der Waals surface area contributed by atoms with E-state index in [9.17, 15) is 13.2 Å². The lowest BCUT2D eigenvalue weighted by molar-refractivity contribution is 0.318. The highest BCUT2D eigenvalue weighted by Crippen LogP contribution is 2.32. The number of ether oxygens (including phenoxy) is 1. The smallest absolute Gasteiger partial charge is 0.277 e. The Morgan fingerprint density at radius 3 is 2.67 bits per heavy atom. The summed E-state index contributed by atoms with van der Waals surface area (Å²) < 4.78 is 30.7. The number of aromatic nitrogens is 4. The molecular weight excluding hydrogens is 392 g/mol. The quantitative estimate of drug-likeness (QED) is 0.626. The van der Waals surface area contributed by atoms with Gasteiger partial charge in [-0.05, 0) is 38.5 Å². The van der Waals surface area contributed by atoms with Gasteiger partial charge in [0.2, 0.25) is 0 Å². The average Bonchev–Trinajstić information content (AvgIpc) is 2.95. The molecular formula is C17H19ClN4O4S. The number of hydrogen-bond acceptors (Lipinski definition) is 6. The Bertz CT molecular complexity index is 1170. The molecule has 2 heterocycles. The summed E-state index contributed by atoms with van der Waals surface area (Å²) in [5.41, 5.74) is 1.41. The van der Waals surface area contributed by atoms with E-state index in [-0.39, 0.29) is 16.3 Å². The molecule has 10 heteroatoms. The summed E-state index contributed by atoms with van der Waals surface area (Å²) in [7, 11) is 1.52. The van der Waals surface area contributed by atoms with Gasteiger partial charge in [0.1, 0.15) is 17.1 Å². The van der Waals surface area contributed by atoms with Gasteiger partial charge in [0.25, 0.3) is 14.6 Å². The van der Waals surface area contributed by atoms with Crippen LogP contribution >= 0.6 is 10.7 Å². The van der Waals surface area contributed by atoms with Crippen LogP contribution in [0, 0.1) is 6.92 Å². The number of nitrogens with one attached hydrogen (secondary N) is 1. The fraction of sp³-hybridized carbons (Fsp3) is 0.353. The van der Waals surface area contributed by atoms with Crippen LogP contribution in [0.3, 0.4) is 0 Å². The lowest BCUT2D eigenvalue weighted by atomic mass is 10.2. The summed E-state index contributed by atoms with van der Waals surface area (Å²) in [6, 6.07) is 4.21. The third kappa shape index (κ3) is 3.70. The van der Waals surface area contributed by atoms with Gasteiger partial charge in [-0.1, -0.05) is 6.92 Å². The molecule has 0 bridgehead atoms. The van der Waals surface area contributed by atoms with Crippen molar-refractivity contribution in [3.05, 3.63) is 34.2 Å². The van der Waals surface area contributed by atoms with Crippen LogP contribution in [0.5, 0.6) is 5.75 Å². The number of fused-ring (bicyclic) bond motifs is 1. The number of nitrogens with zero attached hydrogens (tertiary/aromatic N) is 3.